The maximum absolute atomic E-state index is 12.7. The lowest BCUT2D eigenvalue weighted by Gasteiger charge is -2.30. The molecule has 1 saturated heterocycles. The first-order valence-electron chi connectivity index (χ1n) is 7.05. The number of carbonyl (C=O) groups excluding carboxylic acids is 1. The van der Waals surface area contributed by atoms with Crippen LogP contribution in [-0.4, -0.2) is 43.7 Å². The normalized spacial score (nSPS) is 17.0. The van der Waals surface area contributed by atoms with Crippen molar-refractivity contribution in [3.8, 4) is 0 Å². The summed E-state index contributed by atoms with van der Waals surface area (Å²) in [6, 6.07) is 6.17. The summed E-state index contributed by atoms with van der Waals surface area (Å²) in [6.45, 7) is 2.39. The molecular formula is C15H20F2N2O2. The Bertz CT molecular complexity index is 476. The van der Waals surface area contributed by atoms with Crippen LogP contribution in [0.2, 0.25) is 0 Å². The second-order valence-corrected chi connectivity index (χ2v) is 5.12. The zero-order valence-corrected chi connectivity index (χ0v) is 11.8. The van der Waals surface area contributed by atoms with E-state index in [0.29, 0.717) is 38.3 Å². The number of alkyl halides is 2. The Morgan fingerprint density at radius 3 is 2.67 bits per heavy atom. The number of amides is 1. The molecule has 21 heavy (non-hydrogen) atoms. The van der Waals surface area contributed by atoms with E-state index in [0.717, 1.165) is 0 Å². The molecule has 6 heteroatoms. The molecule has 4 nitrogen and oxygen atoms in total. The summed E-state index contributed by atoms with van der Waals surface area (Å²) >= 11 is 0. The van der Waals surface area contributed by atoms with Gasteiger partial charge in [-0.1, -0.05) is 24.3 Å². The largest absolute Gasteiger partial charge is 0.378 e. The van der Waals surface area contributed by atoms with Crippen LogP contribution in [0.25, 0.3) is 0 Å². The highest BCUT2D eigenvalue weighted by atomic mass is 19.3. The van der Waals surface area contributed by atoms with Crippen LogP contribution in [0.1, 0.15) is 17.6 Å². The standard InChI is InChI=1S/C15H20F2N2O2/c16-14(17)12-3-1-2-11(8-12)9-13(10-18)15(20)19-4-6-21-7-5-19/h1-3,8,13-14H,4-7,9-10,18H2. The average Bonchev–Trinajstić information content (AvgIpc) is 2.53. The van der Waals surface area contributed by atoms with Crippen LogP contribution in [0.15, 0.2) is 24.3 Å². The third-order valence-electron chi connectivity index (χ3n) is 3.64. The van der Waals surface area contributed by atoms with Crippen molar-refractivity contribution in [2.75, 3.05) is 32.8 Å². The van der Waals surface area contributed by atoms with Crippen LogP contribution in [0, 0.1) is 5.92 Å². The molecule has 0 radical (unpaired) electrons. The van der Waals surface area contributed by atoms with E-state index in [9.17, 15) is 13.6 Å². The van der Waals surface area contributed by atoms with Gasteiger partial charge in [0.15, 0.2) is 0 Å². The number of rotatable bonds is 5. The summed E-state index contributed by atoms with van der Waals surface area (Å²) in [6.07, 6.45) is -2.12. The Labute approximate surface area is 122 Å². The zero-order chi connectivity index (χ0) is 15.2. The Morgan fingerprint density at radius 2 is 2.05 bits per heavy atom. The van der Waals surface area contributed by atoms with Gasteiger partial charge in [0.25, 0.3) is 6.43 Å². The van der Waals surface area contributed by atoms with Crippen LogP contribution in [0.5, 0.6) is 0 Å². The highest BCUT2D eigenvalue weighted by Gasteiger charge is 2.25. The molecule has 1 aromatic carbocycles. The van der Waals surface area contributed by atoms with Crippen molar-refractivity contribution < 1.29 is 18.3 Å². The quantitative estimate of drug-likeness (QED) is 0.898. The Hall–Kier alpha value is -1.53. The lowest BCUT2D eigenvalue weighted by Crippen LogP contribution is -2.45. The second kappa shape index (κ2) is 7.47. The number of ether oxygens (including phenoxy) is 1. The number of hydrogen-bond acceptors (Lipinski definition) is 3. The molecule has 2 N–H and O–H groups in total. The van der Waals surface area contributed by atoms with Crippen molar-refractivity contribution in [1.82, 2.24) is 4.90 Å². The molecule has 0 spiro atoms. The molecule has 1 amide bonds. The van der Waals surface area contributed by atoms with Gasteiger partial charge in [0.05, 0.1) is 19.1 Å². The number of nitrogens with two attached hydrogens (primary N) is 1. The first-order chi connectivity index (χ1) is 10.1. The smallest absolute Gasteiger partial charge is 0.263 e. The maximum atomic E-state index is 12.7. The minimum absolute atomic E-state index is 0.0248. The predicted molar refractivity (Wildman–Crippen MR) is 75.0 cm³/mol. The molecule has 1 fully saturated rings. The lowest BCUT2D eigenvalue weighted by atomic mass is 9.96. The summed E-state index contributed by atoms with van der Waals surface area (Å²) in [5.41, 5.74) is 6.39. The van der Waals surface area contributed by atoms with Crippen molar-refractivity contribution >= 4 is 5.91 Å². The van der Waals surface area contributed by atoms with E-state index >= 15 is 0 Å². The number of morpholine rings is 1. The first kappa shape index (κ1) is 15.9. The maximum Gasteiger partial charge on any atom is 0.263 e. The molecule has 116 valence electrons. The van der Waals surface area contributed by atoms with Gasteiger partial charge in [-0.25, -0.2) is 8.78 Å². The molecule has 1 unspecified atom stereocenters. The van der Waals surface area contributed by atoms with Gasteiger partial charge in [0.2, 0.25) is 5.91 Å². The molecule has 0 aromatic heterocycles. The van der Waals surface area contributed by atoms with Crippen molar-refractivity contribution in [3.63, 3.8) is 0 Å². The molecule has 2 rings (SSSR count). The average molecular weight is 298 g/mol. The molecular weight excluding hydrogens is 278 g/mol. The summed E-state index contributed by atoms with van der Waals surface area (Å²) in [5, 5.41) is 0. The molecule has 0 bridgehead atoms. The van der Waals surface area contributed by atoms with E-state index in [-0.39, 0.29) is 23.9 Å². The van der Waals surface area contributed by atoms with Gasteiger partial charge in [0.1, 0.15) is 0 Å². The molecule has 1 aliphatic rings. The molecule has 0 saturated carbocycles. The minimum atomic E-state index is -2.50. The fraction of sp³-hybridized carbons (Fsp3) is 0.533. The highest BCUT2D eigenvalue weighted by molar-refractivity contribution is 5.79. The predicted octanol–water partition coefficient (Wildman–Crippen LogP) is 1.60. The van der Waals surface area contributed by atoms with Gasteiger partial charge in [-0.2, -0.15) is 0 Å². The molecule has 0 aliphatic carbocycles. The van der Waals surface area contributed by atoms with Crippen molar-refractivity contribution in [2.24, 2.45) is 11.7 Å². The lowest BCUT2D eigenvalue weighted by molar-refractivity contribution is -0.139. The van der Waals surface area contributed by atoms with Gasteiger partial charge in [-0.3, -0.25) is 4.79 Å². The van der Waals surface area contributed by atoms with E-state index in [1.807, 2.05) is 0 Å². The first-order valence-corrected chi connectivity index (χ1v) is 7.05. The van der Waals surface area contributed by atoms with Crippen LogP contribution in [0.4, 0.5) is 8.78 Å². The summed E-state index contributed by atoms with van der Waals surface area (Å²) in [7, 11) is 0. The number of hydrogen-bond donors (Lipinski definition) is 1. The fourth-order valence-electron chi connectivity index (χ4n) is 2.45. The Kier molecular flexibility index (Phi) is 5.64. The van der Waals surface area contributed by atoms with E-state index < -0.39 is 6.43 Å². The van der Waals surface area contributed by atoms with E-state index in [2.05, 4.69) is 0 Å². The highest BCUT2D eigenvalue weighted by Crippen LogP contribution is 2.21. The SMILES string of the molecule is NCC(Cc1cccc(C(F)F)c1)C(=O)N1CCOCC1. The summed E-state index contributed by atoms with van der Waals surface area (Å²) in [4.78, 5) is 14.1. The van der Waals surface area contributed by atoms with Gasteiger partial charge in [-0.15, -0.1) is 0 Å². The number of benzene rings is 1. The van der Waals surface area contributed by atoms with Crippen molar-refractivity contribution in [1.29, 1.82) is 0 Å². The molecule has 1 atom stereocenters. The Balaban J connectivity index is 2.04. The van der Waals surface area contributed by atoms with Crippen molar-refractivity contribution in [3.05, 3.63) is 35.4 Å². The van der Waals surface area contributed by atoms with Crippen LogP contribution >= 0.6 is 0 Å². The van der Waals surface area contributed by atoms with Crippen molar-refractivity contribution in [2.45, 2.75) is 12.8 Å². The topological polar surface area (TPSA) is 55.6 Å². The zero-order valence-electron chi connectivity index (χ0n) is 11.8. The number of nitrogens with zero attached hydrogens (tertiary/aromatic N) is 1. The van der Waals surface area contributed by atoms with Crippen LogP contribution in [0.3, 0.4) is 0 Å². The summed E-state index contributed by atoms with van der Waals surface area (Å²) < 4.78 is 30.6. The van der Waals surface area contributed by atoms with Gasteiger partial charge < -0.3 is 15.4 Å². The third-order valence-corrected chi connectivity index (χ3v) is 3.64. The molecule has 1 aromatic rings. The summed E-state index contributed by atoms with van der Waals surface area (Å²) in [5.74, 6) is -0.403. The van der Waals surface area contributed by atoms with E-state index in [1.54, 1.807) is 17.0 Å². The monoisotopic (exact) mass is 298 g/mol. The van der Waals surface area contributed by atoms with E-state index in [4.69, 9.17) is 10.5 Å². The molecule has 1 heterocycles. The molecule has 1 aliphatic heterocycles. The third kappa shape index (κ3) is 4.22. The van der Waals surface area contributed by atoms with E-state index in [1.165, 1.54) is 12.1 Å². The fourth-order valence-corrected chi connectivity index (χ4v) is 2.45. The van der Waals surface area contributed by atoms with Gasteiger partial charge in [0, 0.05) is 25.2 Å². The Morgan fingerprint density at radius 1 is 1.33 bits per heavy atom. The van der Waals surface area contributed by atoms with Crippen LogP contribution in [-0.2, 0) is 16.0 Å². The minimum Gasteiger partial charge on any atom is -0.378 e. The van der Waals surface area contributed by atoms with Gasteiger partial charge >= 0.3 is 0 Å². The van der Waals surface area contributed by atoms with Crippen LogP contribution < -0.4 is 5.73 Å². The second-order valence-electron chi connectivity index (χ2n) is 5.12. The number of carbonyl (C=O) groups is 1. The van der Waals surface area contributed by atoms with Gasteiger partial charge in [-0.05, 0) is 12.0 Å². The number of halogens is 2.